The predicted molar refractivity (Wildman–Crippen MR) is 133 cm³/mol. The molecule has 2 aromatic rings. The minimum Gasteiger partial charge on any atom is -0.453 e. The molecule has 0 radical (unpaired) electrons. The van der Waals surface area contributed by atoms with E-state index in [2.05, 4.69) is 6.58 Å². The summed E-state index contributed by atoms with van der Waals surface area (Å²) >= 11 is 0. The SMILES string of the molecule is C=C(C)OC(=O)N1c2ccc(C(F)(F)F)cc2[C@@H](N(Cc2cc(C(F)(F)F)cc(C(F)(F)F)c2)C(=O)OC)C[C@H]1C1CC1. The molecule has 0 aromatic heterocycles. The summed E-state index contributed by atoms with van der Waals surface area (Å²) < 4.78 is 132. The van der Waals surface area contributed by atoms with Gasteiger partial charge in [0.1, 0.15) is 0 Å². The highest BCUT2D eigenvalue weighted by Gasteiger charge is 2.48. The minimum atomic E-state index is -5.17. The van der Waals surface area contributed by atoms with Crippen molar-refractivity contribution in [3.63, 3.8) is 0 Å². The number of methoxy groups -OCH3 is 1. The van der Waals surface area contributed by atoms with E-state index in [1.807, 2.05) is 0 Å². The van der Waals surface area contributed by atoms with Crippen molar-refractivity contribution in [3.05, 3.63) is 76.6 Å². The summed E-state index contributed by atoms with van der Waals surface area (Å²) in [6.45, 7) is 4.00. The first kappa shape index (κ1) is 32.0. The number of carbonyl (C=O) groups excluding carboxylic acids is 2. The second-order valence-electron chi connectivity index (χ2n) is 10.4. The zero-order valence-electron chi connectivity index (χ0n) is 22.7. The van der Waals surface area contributed by atoms with Gasteiger partial charge in [-0.2, -0.15) is 39.5 Å². The largest absolute Gasteiger partial charge is 0.453 e. The number of carbonyl (C=O) groups is 2. The third-order valence-electron chi connectivity index (χ3n) is 7.18. The van der Waals surface area contributed by atoms with Crippen molar-refractivity contribution in [2.24, 2.45) is 5.92 Å². The second-order valence-corrected chi connectivity index (χ2v) is 10.4. The van der Waals surface area contributed by atoms with E-state index < -0.39 is 71.6 Å². The summed E-state index contributed by atoms with van der Waals surface area (Å²) in [4.78, 5) is 28.1. The smallest absolute Gasteiger partial charge is 0.419 e. The van der Waals surface area contributed by atoms with Gasteiger partial charge in [0.2, 0.25) is 0 Å². The van der Waals surface area contributed by atoms with Crippen LogP contribution in [0.15, 0.2) is 48.7 Å². The van der Waals surface area contributed by atoms with Gasteiger partial charge in [-0.3, -0.25) is 9.80 Å². The Morgan fingerprint density at radius 3 is 1.93 bits per heavy atom. The van der Waals surface area contributed by atoms with Gasteiger partial charge in [0, 0.05) is 12.6 Å². The highest BCUT2D eigenvalue weighted by Crippen LogP contribution is 2.50. The van der Waals surface area contributed by atoms with Crippen molar-refractivity contribution >= 4 is 17.9 Å². The lowest BCUT2D eigenvalue weighted by Gasteiger charge is -2.44. The van der Waals surface area contributed by atoms with Gasteiger partial charge in [0.05, 0.1) is 41.3 Å². The Kier molecular flexibility index (Phi) is 8.41. The zero-order chi connectivity index (χ0) is 32.1. The average Bonchev–Trinajstić information content (AvgIpc) is 3.73. The molecule has 0 N–H and O–H groups in total. The lowest BCUT2D eigenvalue weighted by molar-refractivity contribution is -0.143. The molecule has 2 atom stereocenters. The number of allylic oxidation sites excluding steroid dienone is 1. The van der Waals surface area contributed by atoms with Crippen LogP contribution in [0.25, 0.3) is 0 Å². The van der Waals surface area contributed by atoms with Gasteiger partial charge in [0.15, 0.2) is 0 Å². The van der Waals surface area contributed by atoms with Crippen LogP contribution in [-0.2, 0) is 34.5 Å². The van der Waals surface area contributed by atoms with Crippen LogP contribution < -0.4 is 4.90 Å². The van der Waals surface area contributed by atoms with Crippen LogP contribution in [0.5, 0.6) is 0 Å². The molecular formula is C28H25F9N2O4. The lowest BCUT2D eigenvalue weighted by Crippen LogP contribution is -2.49. The Labute approximate surface area is 239 Å². The quantitative estimate of drug-likeness (QED) is 0.247. The number of fused-ring (bicyclic) bond motifs is 1. The number of anilines is 1. The number of amides is 2. The van der Waals surface area contributed by atoms with Crippen LogP contribution in [0.4, 0.5) is 54.8 Å². The average molecular weight is 624 g/mol. The number of halogens is 9. The molecule has 15 heteroatoms. The van der Waals surface area contributed by atoms with Crippen LogP contribution in [0.1, 0.15) is 60.0 Å². The van der Waals surface area contributed by atoms with E-state index in [-0.39, 0.29) is 35.4 Å². The van der Waals surface area contributed by atoms with E-state index >= 15 is 0 Å². The van der Waals surface area contributed by atoms with Crippen LogP contribution in [0.2, 0.25) is 0 Å². The molecule has 2 aromatic carbocycles. The van der Waals surface area contributed by atoms with Crippen molar-refractivity contribution in [2.45, 2.75) is 63.3 Å². The van der Waals surface area contributed by atoms with Crippen molar-refractivity contribution < 1.29 is 58.6 Å². The maximum absolute atomic E-state index is 13.8. The summed E-state index contributed by atoms with van der Waals surface area (Å²) in [6, 6.07) is 1.12. The first-order valence-electron chi connectivity index (χ1n) is 12.8. The third kappa shape index (κ3) is 7.02. The number of alkyl halides is 9. The molecule has 1 aliphatic heterocycles. The summed E-state index contributed by atoms with van der Waals surface area (Å²) in [5.41, 5.74) is -5.30. The van der Waals surface area contributed by atoms with Crippen LogP contribution in [0, 0.1) is 5.92 Å². The van der Waals surface area contributed by atoms with E-state index in [1.165, 1.54) is 6.92 Å². The van der Waals surface area contributed by atoms with E-state index in [9.17, 15) is 49.1 Å². The maximum atomic E-state index is 13.8. The fraction of sp³-hybridized carbons (Fsp3) is 0.429. The topological polar surface area (TPSA) is 59.1 Å². The first-order valence-corrected chi connectivity index (χ1v) is 12.8. The number of hydrogen-bond acceptors (Lipinski definition) is 4. The van der Waals surface area contributed by atoms with Crippen molar-refractivity contribution in [2.75, 3.05) is 12.0 Å². The van der Waals surface area contributed by atoms with E-state index in [4.69, 9.17) is 9.47 Å². The number of hydrogen-bond donors (Lipinski definition) is 0. The van der Waals surface area contributed by atoms with Crippen molar-refractivity contribution in [3.8, 4) is 0 Å². The van der Waals surface area contributed by atoms with Gasteiger partial charge in [-0.1, -0.05) is 6.58 Å². The minimum absolute atomic E-state index is 0.00339. The Balaban J connectivity index is 1.89. The summed E-state index contributed by atoms with van der Waals surface area (Å²) in [6.07, 6.45) is -16.3. The fourth-order valence-electron chi connectivity index (χ4n) is 5.19. The summed E-state index contributed by atoms with van der Waals surface area (Å²) in [5.74, 6) is -0.170. The Hall–Kier alpha value is -3.91. The number of rotatable bonds is 5. The molecule has 0 saturated heterocycles. The highest BCUT2D eigenvalue weighted by atomic mass is 19.4. The van der Waals surface area contributed by atoms with Gasteiger partial charge >= 0.3 is 30.7 Å². The molecule has 4 rings (SSSR count). The molecular weight excluding hydrogens is 599 g/mol. The highest BCUT2D eigenvalue weighted by molar-refractivity contribution is 5.91. The van der Waals surface area contributed by atoms with Gasteiger partial charge in [-0.05, 0) is 79.6 Å². The Morgan fingerprint density at radius 2 is 1.47 bits per heavy atom. The van der Waals surface area contributed by atoms with Crippen LogP contribution in [-0.4, -0.2) is 30.2 Å². The summed E-state index contributed by atoms with van der Waals surface area (Å²) in [7, 11) is 0.910. The molecule has 2 aliphatic rings. The molecule has 0 spiro atoms. The second kappa shape index (κ2) is 11.3. The summed E-state index contributed by atoms with van der Waals surface area (Å²) in [5, 5.41) is 0. The maximum Gasteiger partial charge on any atom is 0.419 e. The van der Waals surface area contributed by atoms with Crippen LogP contribution >= 0.6 is 0 Å². The fourth-order valence-corrected chi connectivity index (χ4v) is 5.19. The van der Waals surface area contributed by atoms with E-state index in [0.717, 1.165) is 29.0 Å². The van der Waals surface area contributed by atoms with Crippen LogP contribution in [0.3, 0.4) is 0 Å². The van der Waals surface area contributed by atoms with Gasteiger partial charge < -0.3 is 9.47 Å². The molecule has 1 saturated carbocycles. The van der Waals surface area contributed by atoms with Gasteiger partial charge in [0.25, 0.3) is 0 Å². The number of benzene rings is 2. The molecule has 1 fully saturated rings. The lowest BCUT2D eigenvalue weighted by atomic mass is 9.86. The Bertz CT molecular complexity index is 1380. The van der Waals surface area contributed by atoms with E-state index in [1.54, 1.807) is 0 Å². The van der Waals surface area contributed by atoms with Crippen molar-refractivity contribution in [1.82, 2.24) is 4.90 Å². The number of nitrogens with zero attached hydrogens (tertiary/aromatic N) is 2. The standard InChI is InChI=1S/C28H25F9N2O4/c1-14(2)43-25(41)39-21-7-6-17(26(29,30)31)11-20(21)23(12-22(39)16-4-5-16)38(24(40)42-3)13-15-8-18(27(32,33)34)10-19(9-15)28(35,36)37/h6-11,16,22-23H,1,4-5,12-13H2,2-3H3/t22-,23-/m0/s1. The van der Waals surface area contributed by atoms with Crippen molar-refractivity contribution in [1.29, 1.82) is 0 Å². The van der Waals surface area contributed by atoms with Gasteiger partial charge in [-0.15, -0.1) is 0 Å². The third-order valence-corrected chi connectivity index (χ3v) is 7.18. The number of ether oxygens (including phenoxy) is 2. The van der Waals surface area contributed by atoms with E-state index in [0.29, 0.717) is 31.0 Å². The first-order chi connectivity index (χ1) is 19.8. The monoisotopic (exact) mass is 624 g/mol. The molecule has 6 nitrogen and oxygen atoms in total. The Morgan fingerprint density at radius 1 is 0.907 bits per heavy atom. The normalized spacial score (nSPS) is 19.0. The molecule has 43 heavy (non-hydrogen) atoms. The molecule has 234 valence electrons. The molecule has 2 amide bonds. The molecule has 0 unspecified atom stereocenters. The zero-order valence-corrected chi connectivity index (χ0v) is 22.7. The molecule has 1 heterocycles. The predicted octanol–water partition coefficient (Wildman–Crippen LogP) is 8.71. The molecule has 0 bridgehead atoms. The van der Waals surface area contributed by atoms with Gasteiger partial charge in [-0.25, -0.2) is 9.59 Å². The molecule has 1 aliphatic carbocycles.